The van der Waals surface area contributed by atoms with Crippen LogP contribution in [0.15, 0.2) is 61.8 Å². The largest absolute Gasteiger partial charge is 0.487 e. The second-order valence-electron chi connectivity index (χ2n) is 6.21. The first kappa shape index (κ1) is 21.7. The molecule has 0 spiro atoms. The van der Waals surface area contributed by atoms with Crippen molar-refractivity contribution < 1.29 is 4.74 Å². The van der Waals surface area contributed by atoms with Crippen molar-refractivity contribution in [2.75, 3.05) is 6.61 Å². The van der Waals surface area contributed by atoms with Gasteiger partial charge < -0.3 is 4.74 Å². The molecule has 2 aromatic carbocycles. The molecule has 3 rings (SSSR count). The minimum Gasteiger partial charge on any atom is -0.487 e. The summed E-state index contributed by atoms with van der Waals surface area (Å²) in [7, 11) is 0. The molecule has 29 heavy (non-hydrogen) atoms. The van der Waals surface area contributed by atoms with Crippen LogP contribution in [-0.4, -0.2) is 22.5 Å². The highest BCUT2D eigenvalue weighted by Crippen LogP contribution is 2.34. The number of halogens is 3. The van der Waals surface area contributed by atoms with E-state index in [1.807, 2.05) is 25.1 Å². The van der Waals surface area contributed by atoms with Gasteiger partial charge in [-0.15, -0.1) is 0 Å². The molecule has 1 heterocycles. The van der Waals surface area contributed by atoms with Crippen LogP contribution in [0.5, 0.6) is 5.75 Å². The van der Waals surface area contributed by atoms with Crippen molar-refractivity contribution in [1.29, 1.82) is 0 Å². The van der Waals surface area contributed by atoms with Crippen LogP contribution in [0.3, 0.4) is 0 Å². The summed E-state index contributed by atoms with van der Waals surface area (Å²) in [5.41, 5.74) is 1.16. The van der Waals surface area contributed by atoms with E-state index in [-0.39, 0.29) is 5.56 Å². The molecular formula is C21H18Br2ClN3O2. The number of hydrogen-bond donors (Lipinski definition) is 0. The molecule has 1 aromatic heterocycles. The van der Waals surface area contributed by atoms with Gasteiger partial charge in [0.25, 0.3) is 5.56 Å². The van der Waals surface area contributed by atoms with Gasteiger partial charge >= 0.3 is 0 Å². The van der Waals surface area contributed by atoms with E-state index in [9.17, 15) is 4.79 Å². The highest BCUT2D eigenvalue weighted by atomic mass is 79.9. The van der Waals surface area contributed by atoms with Crippen LogP contribution in [0.25, 0.3) is 10.9 Å². The van der Waals surface area contributed by atoms with Crippen LogP contribution in [0.4, 0.5) is 0 Å². The molecule has 0 aliphatic rings. The minimum absolute atomic E-state index is 0.216. The van der Waals surface area contributed by atoms with Crippen molar-refractivity contribution in [3.8, 4) is 5.75 Å². The van der Waals surface area contributed by atoms with Gasteiger partial charge in [-0.1, -0.05) is 47.1 Å². The average Bonchev–Trinajstić information content (AvgIpc) is 2.68. The third kappa shape index (κ3) is 4.97. The molecule has 0 aliphatic carbocycles. The van der Waals surface area contributed by atoms with Crippen molar-refractivity contribution >= 4 is 60.6 Å². The molecule has 0 N–H and O–H groups in total. The molecule has 150 valence electrons. The van der Waals surface area contributed by atoms with Crippen molar-refractivity contribution in [3.05, 3.63) is 78.7 Å². The Bertz CT molecular complexity index is 1140. The third-order valence-corrected chi connectivity index (χ3v) is 5.40. The van der Waals surface area contributed by atoms with Gasteiger partial charge in [0.2, 0.25) is 0 Å². The first-order valence-electron chi connectivity index (χ1n) is 8.93. The quantitative estimate of drug-likeness (QED) is 0.274. The maximum atomic E-state index is 13.0. The van der Waals surface area contributed by atoms with Crippen LogP contribution in [0, 0.1) is 0 Å². The van der Waals surface area contributed by atoms with E-state index in [1.165, 1.54) is 4.68 Å². The highest BCUT2D eigenvalue weighted by Gasteiger charge is 2.11. The Morgan fingerprint density at radius 3 is 2.79 bits per heavy atom. The van der Waals surface area contributed by atoms with Gasteiger partial charge in [0.1, 0.15) is 12.4 Å². The lowest BCUT2D eigenvalue weighted by Crippen LogP contribution is -2.22. The fraction of sp³-hybridized carbons (Fsp3) is 0.190. The van der Waals surface area contributed by atoms with Gasteiger partial charge in [-0.25, -0.2) is 4.98 Å². The van der Waals surface area contributed by atoms with Gasteiger partial charge in [-0.05, 0) is 58.2 Å². The molecule has 0 radical (unpaired) electrons. The van der Waals surface area contributed by atoms with Crippen molar-refractivity contribution in [1.82, 2.24) is 9.66 Å². The normalized spacial score (nSPS) is 11.3. The lowest BCUT2D eigenvalue weighted by molar-refractivity contribution is 0.361. The van der Waals surface area contributed by atoms with Gasteiger partial charge in [0, 0.05) is 10.9 Å². The molecule has 0 amide bonds. The maximum Gasteiger partial charge on any atom is 0.282 e. The number of fused-ring (bicyclic) bond motifs is 1. The Balaban J connectivity index is 2.06. The summed E-state index contributed by atoms with van der Waals surface area (Å²) in [6.07, 6.45) is 4.71. The first-order valence-corrected chi connectivity index (χ1v) is 10.9. The van der Waals surface area contributed by atoms with E-state index in [2.05, 4.69) is 48.5 Å². The molecule has 0 saturated heterocycles. The summed E-state index contributed by atoms with van der Waals surface area (Å²) in [5, 5.41) is 5.35. The Morgan fingerprint density at radius 1 is 1.31 bits per heavy atom. The van der Waals surface area contributed by atoms with Gasteiger partial charge in [-0.2, -0.15) is 9.78 Å². The minimum atomic E-state index is -0.216. The van der Waals surface area contributed by atoms with E-state index in [1.54, 1.807) is 24.4 Å². The van der Waals surface area contributed by atoms with Crippen LogP contribution in [0.2, 0.25) is 5.02 Å². The molecule has 0 unspecified atom stereocenters. The topological polar surface area (TPSA) is 56.5 Å². The average molecular weight is 540 g/mol. The lowest BCUT2D eigenvalue weighted by atomic mass is 10.2. The van der Waals surface area contributed by atoms with Crippen molar-refractivity contribution in [2.24, 2.45) is 5.10 Å². The number of ether oxygens (including phenoxy) is 1. The monoisotopic (exact) mass is 537 g/mol. The van der Waals surface area contributed by atoms with E-state index < -0.39 is 0 Å². The summed E-state index contributed by atoms with van der Waals surface area (Å²) in [6, 6.07) is 9.00. The summed E-state index contributed by atoms with van der Waals surface area (Å²) in [5.74, 6) is 1.14. The van der Waals surface area contributed by atoms with Crippen LogP contribution in [0.1, 0.15) is 24.7 Å². The predicted molar refractivity (Wildman–Crippen MR) is 126 cm³/mol. The molecule has 3 aromatic rings. The van der Waals surface area contributed by atoms with Crippen LogP contribution >= 0.6 is 43.5 Å². The molecule has 5 nitrogen and oxygen atoms in total. The number of aryl methyl sites for hydroxylation is 1. The molecule has 0 atom stereocenters. The summed E-state index contributed by atoms with van der Waals surface area (Å²) in [4.78, 5) is 17.7. The highest BCUT2D eigenvalue weighted by molar-refractivity contribution is 9.10. The van der Waals surface area contributed by atoms with E-state index in [0.29, 0.717) is 45.0 Å². The number of hydrogen-bond acceptors (Lipinski definition) is 4. The molecule has 0 aliphatic heterocycles. The van der Waals surface area contributed by atoms with E-state index in [0.717, 1.165) is 16.5 Å². The fourth-order valence-corrected chi connectivity index (χ4v) is 4.11. The summed E-state index contributed by atoms with van der Waals surface area (Å²) >= 11 is 13.2. The van der Waals surface area contributed by atoms with E-state index >= 15 is 0 Å². The maximum absolute atomic E-state index is 13.0. The lowest BCUT2D eigenvalue weighted by Gasteiger charge is -2.10. The van der Waals surface area contributed by atoms with Crippen molar-refractivity contribution in [3.63, 3.8) is 0 Å². The zero-order chi connectivity index (χ0) is 21.0. The second kappa shape index (κ2) is 9.69. The Labute approximate surface area is 190 Å². The Kier molecular flexibility index (Phi) is 7.27. The first-order chi connectivity index (χ1) is 13.9. The number of benzene rings is 2. The fourth-order valence-electron chi connectivity index (χ4n) is 2.76. The molecular weight excluding hydrogens is 522 g/mol. The second-order valence-corrected chi connectivity index (χ2v) is 8.39. The Morgan fingerprint density at radius 2 is 2.10 bits per heavy atom. The van der Waals surface area contributed by atoms with Crippen LogP contribution < -0.4 is 10.3 Å². The number of nitrogens with zero attached hydrogens (tertiary/aromatic N) is 3. The molecule has 0 bridgehead atoms. The third-order valence-electron chi connectivity index (χ3n) is 4.04. The zero-order valence-corrected chi connectivity index (χ0v) is 19.6. The van der Waals surface area contributed by atoms with Crippen LogP contribution in [-0.2, 0) is 6.42 Å². The van der Waals surface area contributed by atoms with Gasteiger partial charge in [0.15, 0.2) is 5.75 Å². The standard InChI is InChI=1S/C21H18Br2ClN3O2/c1-3-5-19-26-18-7-6-14(22)11-15(18)21(28)27(19)25-12-13-9-16(23)20(17(24)10-13)29-8-4-2/h4,6-7,9-12H,2-3,5,8H2,1H3. The number of rotatable bonds is 7. The predicted octanol–water partition coefficient (Wildman–Crippen LogP) is 5.97. The molecule has 8 heteroatoms. The van der Waals surface area contributed by atoms with Gasteiger partial charge in [-0.3, -0.25) is 4.79 Å². The Hall–Kier alpha value is -1.96. The summed E-state index contributed by atoms with van der Waals surface area (Å²) < 4.78 is 8.41. The zero-order valence-electron chi connectivity index (χ0n) is 15.7. The smallest absolute Gasteiger partial charge is 0.282 e. The van der Waals surface area contributed by atoms with Crippen molar-refractivity contribution in [2.45, 2.75) is 19.8 Å². The molecule has 0 saturated carbocycles. The van der Waals surface area contributed by atoms with E-state index in [4.69, 9.17) is 16.3 Å². The van der Waals surface area contributed by atoms with Gasteiger partial charge in [0.05, 0.1) is 26.6 Å². The molecule has 0 fully saturated rings. The number of aromatic nitrogens is 2. The SMILES string of the molecule is C=CCOc1c(Cl)cc(C=Nn2c(CCC)nc3ccc(Br)cc3c2=O)cc1Br. The summed E-state index contributed by atoms with van der Waals surface area (Å²) in [6.45, 7) is 6.01.